The monoisotopic (exact) mass is 443 g/mol. The van der Waals surface area contributed by atoms with Gasteiger partial charge in [-0.3, -0.25) is 4.79 Å². The summed E-state index contributed by atoms with van der Waals surface area (Å²) in [6.45, 7) is 4.70. The molecule has 29 heavy (non-hydrogen) atoms. The second kappa shape index (κ2) is 7.94. The van der Waals surface area contributed by atoms with Gasteiger partial charge in [-0.25, -0.2) is 17.6 Å². The summed E-state index contributed by atoms with van der Waals surface area (Å²) in [4.78, 5) is 29.4. The first-order valence-electron chi connectivity index (χ1n) is 8.94. The number of halogens is 1. The summed E-state index contributed by atoms with van der Waals surface area (Å²) in [7, 11) is -3.25. The van der Waals surface area contributed by atoms with Crippen LogP contribution in [0.5, 0.6) is 0 Å². The Morgan fingerprint density at radius 2 is 2.00 bits per heavy atom. The molecule has 2 fully saturated rings. The topological polar surface area (TPSA) is 105 Å². The lowest BCUT2D eigenvalue weighted by Crippen LogP contribution is -2.39. The molecular formula is C18H22FN3O5S2. The Labute approximate surface area is 172 Å². The van der Waals surface area contributed by atoms with Gasteiger partial charge in [0.05, 0.1) is 23.2 Å². The number of nitrogens with one attached hydrogen (secondary N) is 1. The number of carbonyl (C=O) groups is 2. The number of fused-ring (bicyclic) bond motifs is 1. The normalized spacial score (nSPS) is 24.4. The van der Waals surface area contributed by atoms with E-state index in [9.17, 15) is 22.4 Å². The number of aliphatic imine (C=N–C) groups is 1. The predicted octanol–water partition coefficient (Wildman–Crippen LogP) is 1.95. The van der Waals surface area contributed by atoms with Crippen molar-refractivity contribution in [1.29, 1.82) is 0 Å². The van der Waals surface area contributed by atoms with Gasteiger partial charge in [0.15, 0.2) is 15.0 Å². The SMILES string of the molecule is CC(C)(C)OC(=O)NCC(=O)N=C1S[C@H]2CS(=O)(=O)C[C@H]2N1c1ccccc1F. The van der Waals surface area contributed by atoms with E-state index in [1.807, 2.05) is 0 Å². The van der Waals surface area contributed by atoms with Crippen LogP contribution in [0, 0.1) is 5.82 Å². The Bertz CT molecular complexity index is 958. The number of hydrogen-bond donors (Lipinski definition) is 1. The first kappa shape index (κ1) is 21.6. The van der Waals surface area contributed by atoms with Crippen molar-refractivity contribution in [2.45, 2.75) is 37.7 Å². The number of thioether (sulfide) groups is 1. The van der Waals surface area contributed by atoms with Crippen LogP contribution in [0.3, 0.4) is 0 Å². The van der Waals surface area contributed by atoms with Crippen molar-refractivity contribution in [3.63, 3.8) is 0 Å². The van der Waals surface area contributed by atoms with Crippen LogP contribution >= 0.6 is 11.8 Å². The van der Waals surface area contributed by atoms with Crippen LogP contribution < -0.4 is 10.2 Å². The smallest absolute Gasteiger partial charge is 0.408 e. The molecule has 2 aliphatic heterocycles. The molecule has 2 heterocycles. The van der Waals surface area contributed by atoms with Crippen molar-refractivity contribution in [1.82, 2.24) is 5.32 Å². The number of carbonyl (C=O) groups excluding carboxylic acids is 2. The molecule has 2 saturated heterocycles. The predicted molar refractivity (Wildman–Crippen MR) is 109 cm³/mol. The number of sulfone groups is 1. The number of rotatable bonds is 3. The number of alkyl carbamates (subject to hydrolysis) is 1. The van der Waals surface area contributed by atoms with Gasteiger partial charge in [-0.05, 0) is 32.9 Å². The van der Waals surface area contributed by atoms with E-state index in [1.165, 1.54) is 23.1 Å². The highest BCUT2D eigenvalue weighted by Crippen LogP contribution is 2.41. The summed E-state index contributed by atoms with van der Waals surface area (Å²) in [6.07, 6.45) is -0.751. The maximum atomic E-state index is 14.4. The van der Waals surface area contributed by atoms with E-state index in [-0.39, 0.29) is 27.6 Å². The summed E-state index contributed by atoms with van der Waals surface area (Å²) >= 11 is 1.13. The molecule has 0 spiro atoms. The molecule has 2 amide bonds. The van der Waals surface area contributed by atoms with Gasteiger partial charge in [0.2, 0.25) is 0 Å². The lowest BCUT2D eigenvalue weighted by molar-refractivity contribution is -0.117. The highest BCUT2D eigenvalue weighted by Gasteiger charge is 2.49. The van der Waals surface area contributed by atoms with Crippen LogP contribution in [0.2, 0.25) is 0 Å². The average molecular weight is 444 g/mol. The second-order valence-electron chi connectivity index (χ2n) is 7.77. The standard InChI is InChI=1S/C18H22FN3O5S2/c1-18(2,3)27-17(24)20-8-15(23)21-16-22(12-7-5-4-6-11(12)19)13-9-29(25,26)10-14(13)28-16/h4-7,13-14H,8-10H2,1-3H3,(H,20,24)/t13-,14+/m1/s1. The van der Waals surface area contributed by atoms with E-state index in [1.54, 1.807) is 26.8 Å². The maximum Gasteiger partial charge on any atom is 0.408 e. The molecule has 1 aromatic carbocycles. The van der Waals surface area contributed by atoms with E-state index >= 15 is 0 Å². The van der Waals surface area contributed by atoms with Crippen LogP contribution in [0.4, 0.5) is 14.9 Å². The molecule has 1 N–H and O–H groups in total. The Balaban J connectivity index is 1.79. The van der Waals surface area contributed by atoms with Gasteiger partial charge in [-0.15, -0.1) is 0 Å². The van der Waals surface area contributed by atoms with Crippen molar-refractivity contribution in [3.05, 3.63) is 30.1 Å². The fraction of sp³-hybridized carbons (Fsp3) is 0.500. The number of benzene rings is 1. The van der Waals surface area contributed by atoms with Crippen molar-refractivity contribution < 1.29 is 27.1 Å². The van der Waals surface area contributed by atoms with Gasteiger partial charge in [-0.1, -0.05) is 23.9 Å². The molecule has 0 unspecified atom stereocenters. The lowest BCUT2D eigenvalue weighted by Gasteiger charge is -2.24. The van der Waals surface area contributed by atoms with Gasteiger partial charge in [0, 0.05) is 5.25 Å². The molecule has 0 radical (unpaired) electrons. The van der Waals surface area contributed by atoms with E-state index in [2.05, 4.69) is 10.3 Å². The summed E-state index contributed by atoms with van der Waals surface area (Å²) in [5, 5.41) is 2.20. The third-order valence-electron chi connectivity index (χ3n) is 4.18. The fourth-order valence-corrected chi connectivity index (χ4v) is 7.03. The quantitative estimate of drug-likeness (QED) is 0.761. The van der Waals surface area contributed by atoms with Crippen LogP contribution in [0.15, 0.2) is 29.3 Å². The fourth-order valence-electron chi connectivity index (χ4n) is 3.10. The zero-order valence-corrected chi connectivity index (χ0v) is 17.8. The van der Waals surface area contributed by atoms with E-state index in [0.717, 1.165) is 11.8 Å². The van der Waals surface area contributed by atoms with Crippen LogP contribution in [-0.4, -0.2) is 60.5 Å². The summed E-state index contributed by atoms with van der Waals surface area (Å²) < 4.78 is 43.5. The molecule has 0 aliphatic carbocycles. The third kappa shape index (κ3) is 5.27. The zero-order chi connectivity index (χ0) is 21.4. The van der Waals surface area contributed by atoms with Gasteiger partial charge in [-0.2, -0.15) is 4.99 Å². The largest absolute Gasteiger partial charge is 0.444 e. The number of hydrogen-bond acceptors (Lipinski definition) is 6. The van der Waals surface area contributed by atoms with E-state index in [0.29, 0.717) is 0 Å². The summed E-state index contributed by atoms with van der Waals surface area (Å²) in [5.41, 5.74) is -0.540. The Morgan fingerprint density at radius 3 is 2.66 bits per heavy atom. The molecule has 3 rings (SSSR count). The summed E-state index contributed by atoms with van der Waals surface area (Å²) in [6, 6.07) is 5.43. The molecule has 0 aromatic heterocycles. The van der Waals surface area contributed by atoms with Crippen LogP contribution in [-0.2, 0) is 19.4 Å². The number of para-hydroxylation sites is 1. The van der Waals surface area contributed by atoms with Crippen LogP contribution in [0.1, 0.15) is 20.8 Å². The Kier molecular flexibility index (Phi) is 5.91. The number of ether oxygens (including phenoxy) is 1. The molecule has 0 saturated carbocycles. The van der Waals surface area contributed by atoms with Gasteiger partial charge in [0.25, 0.3) is 5.91 Å². The minimum Gasteiger partial charge on any atom is -0.444 e. The van der Waals surface area contributed by atoms with E-state index in [4.69, 9.17) is 4.74 Å². The maximum absolute atomic E-state index is 14.4. The molecule has 0 bridgehead atoms. The lowest BCUT2D eigenvalue weighted by atomic mass is 10.2. The average Bonchev–Trinajstić information content (AvgIpc) is 3.03. The molecule has 2 aliphatic rings. The van der Waals surface area contributed by atoms with Gasteiger partial charge >= 0.3 is 6.09 Å². The van der Waals surface area contributed by atoms with Crippen molar-refractivity contribution in [2.75, 3.05) is 23.0 Å². The van der Waals surface area contributed by atoms with Crippen LogP contribution in [0.25, 0.3) is 0 Å². The zero-order valence-electron chi connectivity index (χ0n) is 16.2. The second-order valence-corrected chi connectivity index (χ2v) is 11.1. The molecule has 158 valence electrons. The van der Waals surface area contributed by atoms with Crippen molar-refractivity contribution >= 4 is 44.5 Å². The number of anilines is 1. The summed E-state index contributed by atoms with van der Waals surface area (Å²) in [5.74, 6) is -1.38. The molecular weight excluding hydrogens is 421 g/mol. The van der Waals surface area contributed by atoms with Crippen molar-refractivity contribution in [2.24, 2.45) is 4.99 Å². The Morgan fingerprint density at radius 1 is 1.31 bits per heavy atom. The first-order valence-corrected chi connectivity index (χ1v) is 11.6. The van der Waals surface area contributed by atoms with E-state index < -0.39 is 45.8 Å². The highest BCUT2D eigenvalue weighted by atomic mass is 32.2. The minimum atomic E-state index is -3.25. The third-order valence-corrected chi connectivity index (χ3v) is 7.39. The highest BCUT2D eigenvalue weighted by molar-refractivity contribution is 8.16. The number of amides is 2. The molecule has 8 nitrogen and oxygen atoms in total. The first-order chi connectivity index (χ1) is 13.5. The molecule has 11 heteroatoms. The minimum absolute atomic E-state index is 0.0589. The van der Waals surface area contributed by atoms with Gasteiger partial charge < -0.3 is 15.0 Å². The van der Waals surface area contributed by atoms with Gasteiger partial charge in [0.1, 0.15) is 18.0 Å². The Hall–Kier alpha value is -2.14. The molecule has 2 atom stereocenters. The van der Waals surface area contributed by atoms with Crippen molar-refractivity contribution in [3.8, 4) is 0 Å². The molecule has 1 aromatic rings. The number of nitrogens with zero attached hydrogens (tertiary/aromatic N) is 2. The number of amidine groups is 1.